The summed E-state index contributed by atoms with van der Waals surface area (Å²) in [5.74, 6) is 0. The summed E-state index contributed by atoms with van der Waals surface area (Å²) in [5, 5.41) is 2.77. The predicted molar refractivity (Wildman–Crippen MR) is 59.8 cm³/mol. The van der Waals surface area contributed by atoms with Gasteiger partial charge in [0.05, 0.1) is 0 Å². The number of nitrogens with zero attached hydrogens (tertiary/aromatic N) is 1. The topological polar surface area (TPSA) is 58.4 Å². The molecule has 1 heterocycles. The molecule has 0 spiro atoms. The lowest BCUT2D eigenvalue weighted by atomic mass is 10.1. The number of benzene rings is 1. The Kier molecular flexibility index (Phi) is 2.60. The maximum Gasteiger partial charge on any atom is 0.321 e. The van der Waals surface area contributed by atoms with E-state index in [1.165, 1.54) is 0 Å². The Balaban J connectivity index is 2.19. The average Bonchev–Trinajstić information content (AvgIpc) is 2.65. The van der Waals surface area contributed by atoms with E-state index in [-0.39, 0.29) is 12.1 Å². The zero-order valence-electron chi connectivity index (χ0n) is 8.73. The summed E-state index contributed by atoms with van der Waals surface area (Å²) < 4.78 is 0. The van der Waals surface area contributed by atoms with Crippen molar-refractivity contribution in [1.82, 2.24) is 5.32 Å². The first-order valence-corrected chi connectivity index (χ1v) is 5.09. The fourth-order valence-electron chi connectivity index (χ4n) is 1.68. The van der Waals surface area contributed by atoms with Crippen molar-refractivity contribution in [1.29, 1.82) is 0 Å². The molecule has 1 atom stereocenters. The first-order chi connectivity index (χ1) is 7.18. The standard InChI is InChI=1S/C11H15N3O/c1-8(12)9-2-4-10(5-3-9)14-7-6-13-11(14)15/h2-5,8H,6-7,12H2,1H3,(H,13,15). The Bertz CT molecular complexity index is 359. The number of amides is 2. The molecular formula is C11H15N3O. The van der Waals surface area contributed by atoms with E-state index in [0.717, 1.165) is 17.8 Å². The molecule has 1 aliphatic heterocycles. The summed E-state index contributed by atoms with van der Waals surface area (Å²) in [4.78, 5) is 13.1. The van der Waals surface area contributed by atoms with Crippen LogP contribution in [0.15, 0.2) is 24.3 Å². The van der Waals surface area contributed by atoms with Gasteiger partial charge in [-0.25, -0.2) is 4.79 Å². The molecule has 15 heavy (non-hydrogen) atoms. The largest absolute Gasteiger partial charge is 0.336 e. The molecule has 1 aliphatic rings. The molecule has 2 rings (SSSR count). The summed E-state index contributed by atoms with van der Waals surface area (Å²) in [7, 11) is 0. The van der Waals surface area contributed by atoms with Gasteiger partial charge in [-0.2, -0.15) is 0 Å². The molecule has 1 fully saturated rings. The Hall–Kier alpha value is -1.55. The van der Waals surface area contributed by atoms with Gasteiger partial charge < -0.3 is 11.1 Å². The van der Waals surface area contributed by atoms with E-state index in [1.807, 2.05) is 31.2 Å². The summed E-state index contributed by atoms with van der Waals surface area (Å²) in [5.41, 5.74) is 7.76. The number of rotatable bonds is 2. The van der Waals surface area contributed by atoms with Crippen LogP contribution in [0.1, 0.15) is 18.5 Å². The lowest BCUT2D eigenvalue weighted by Gasteiger charge is -2.15. The van der Waals surface area contributed by atoms with Crippen molar-refractivity contribution in [3.63, 3.8) is 0 Å². The third-order valence-electron chi connectivity index (χ3n) is 2.59. The zero-order chi connectivity index (χ0) is 10.8. The molecule has 0 saturated carbocycles. The molecule has 1 saturated heterocycles. The van der Waals surface area contributed by atoms with Crippen molar-refractivity contribution in [2.75, 3.05) is 18.0 Å². The molecule has 2 amide bonds. The van der Waals surface area contributed by atoms with Crippen LogP contribution in [0.5, 0.6) is 0 Å². The first-order valence-electron chi connectivity index (χ1n) is 5.09. The molecular weight excluding hydrogens is 190 g/mol. The van der Waals surface area contributed by atoms with E-state index in [4.69, 9.17) is 5.73 Å². The van der Waals surface area contributed by atoms with E-state index >= 15 is 0 Å². The van der Waals surface area contributed by atoms with Crippen molar-refractivity contribution < 1.29 is 4.79 Å². The first kappa shape index (κ1) is 9.98. The number of nitrogens with one attached hydrogen (secondary N) is 1. The maximum absolute atomic E-state index is 11.4. The molecule has 1 aromatic carbocycles. The normalized spacial score (nSPS) is 17.7. The van der Waals surface area contributed by atoms with Crippen molar-refractivity contribution in [3.05, 3.63) is 29.8 Å². The molecule has 4 nitrogen and oxygen atoms in total. The van der Waals surface area contributed by atoms with Gasteiger partial charge in [-0.05, 0) is 24.6 Å². The fourth-order valence-corrected chi connectivity index (χ4v) is 1.68. The van der Waals surface area contributed by atoms with Gasteiger partial charge >= 0.3 is 6.03 Å². The summed E-state index contributed by atoms with van der Waals surface area (Å²) in [6.07, 6.45) is 0. The minimum atomic E-state index is -0.0245. The highest BCUT2D eigenvalue weighted by Gasteiger charge is 2.20. The van der Waals surface area contributed by atoms with Crippen LogP contribution in [0.2, 0.25) is 0 Å². The van der Waals surface area contributed by atoms with E-state index in [0.29, 0.717) is 6.54 Å². The van der Waals surface area contributed by atoms with Crippen LogP contribution in [0.25, 0.3) is 0 Å². The van der Waals surface area contributed by atoms with Crippen molar-refractivity contribution in [2.24, 2.45) is 5.73 Å². The van der Waals surface area contributed by atoms with Crippen LogP contribution >= 0.6 is 0 Å². The third-order valence-corrected chi connectivity index (χ3v) is 2.59. The number of carbonyl (C=O) groups excluding carboxylic acids is 1. The lowest BCUT2D eigenvalue weighted by Crippen LogP contribution is -2.27. The SMILES string of the molecule is CC(N)c1ccc(N2CCNC2=O)cc1. The van der Waals surface area contributed by atoms with Gasteiger partial charge in [0, 0.05) is 24.8 Å². The van der Waals surface area contributed by atoms with Crippen LogP contribution in [-0.4, -0.2) is 19.1 Å². The number of carbonyl (C=O) groups is 1. The number of hydrogen-bond donors (Lipinski definition) is 2. The average molecular weight is 205 g/mol. The smallest absolute Gasteiger partial charge is 0.321 e. The van der Waals surface area contributed by atoms with Crippen molar-refractivity contribution in [3.8, 4) is 0 Å². The van der Waals surface area contributed by atoms with Crippen molar-refractivity contribution in [2.45, 2.75) is 13.0 Å². The molecule has 1 unspecified atom stereocenters. The highest BCUT2D eigenvalue weighted by Crippen LogP contribution is 2.19. The second-order valence-corrected chi connectivity index (χ2v) is 3.76. The van der Waals surface area contributed by atoms with Gasteiger partial charge in [-0.15, -0.1) is 0 Å². The van der Waals surface area contributed by atoms with E-state index in [1.54, 1.807) is 4.90 Å². The van der Waals surface area contributed by atoms with Gasteiger partial charge in [0.1, 0.15) is 0 Å². The van der Waals surface area contributed by atoms with Crippen LogP contribution in [-0.2, 0) is 0 Å². The van der Waals surface area contributed by atoms with Crippen LogP contribution in [0, 0.1) is 0 Å². The van der Waals surface area contributed by atoms with E-state index in [9.17, 15) is 4.79 Å². The minimum Gasteiger partial charge on any atom is -0.336 e. The number of urea groups is 1. The second-order valence-electron chi connectivity index (χ2n) is 3.76. The van der Waals surface area contributed by atoms with E-state index in [2.05, 4.69) is 5.32 Å². The molecule has 1 aromatic rings. The lowest BCUT2D eigenvalue weighted by molar-refractivity contribution is 0.252. The van der Waals surface area contributed by atoms with Gasteiger partial charge in [0.25, 0.3) is 0 Å². The number of nitrogens with two attached hydrogens (primary N) is 1. The molecule has 0 bridgehead atoms. The molecule has 80 valence electrons. The Morgan fingerprint density at radius 2 is 2.07 bits per heavy atom. The van der Waals surface area contributed by atoms with Crippen LogP contribution < -0.4 is 16.0 Å². The number of anilines is 1. The summed E-state index contributed by atoms with van der Waals surface area (Å²) in [6, 6.07) is 7.81. The molecule has 3 N–H and O–H groups in total. The molecule has 4 heteroatoms. The Labute approximate surface area is 89.1 Å². The Morgan fingerprint density at radius 3 is 2.53 bits per heavy atom. The van der Waals surface area contributed by atoms with Crippen molar-refractivity contribution >= 4 is 11.7 Å². The Morgan fingerprint density at radius 1 is 1.40 bits per heavy atom. The van der Waals surface area contributed by atoms with Crippen LogP contribution in [0.4, 0.5) is 10.5 Å². The fraction of sp³-hybridized carbons (Fsp3) is 0.364. The highest BCUT2D eigenvalue weighted by molar-refractivity contribution is 5.93. The monoisotopic (exact) mass is 205 g/mol. The highest BCUT2D eigenvalue weighted by atomic mass is 16.2. The van der Waals surface area contributed by atoms with E-state index < -0.39 is 0 Å². The van der Waals surface area contributed by atoms with Gasteiger partial charge in [0.2, 0.25) is 0 Å². The molecule has 0 aliphatic carbocycles. The van der Waals surface area contributed by atoms with Gasteiger partial charge in [-0.3, -0.25) is 4.90 Å². The van der Waals surface area contributed by atoms with Crippen LogP contribution in [0.3, 0.4) is 0 Å². The van der Waals surface area contributed by atoms with Gasteiger partial charge in [0.15, 0.2) is 0 Å². The maximum atomic E-state index is 11.4. The zero-order valence-corrected chi connectivity index (χ0v) is 8.73. The minimum absolute atomic E-state index is 0.0245. The second kappa shape index (κ2) is 3.90. The molecule has 0 radical (unpaired) electrons. The summed E-state index contributed by atoms with van der Waals surface area (Å²) >= 11 is 0. The van der Waals surface area contributed by atoms with Gasteiger partial charge in [-0.1, -0.05) is 12.1 Å². The third kappa shape index (κ3) is 1.94. The quantitative estimate of drug-likeness (QED) is 0.763. The number of hydrogen-bond acceptors (Lipinski definition) is 2. The molecule has 0 aromatic heterocycles. The predicted octanol–water partition coefficient (Wildman–Crippen LogP) is 1.24. The summed E-state index contributed by atoms with van der Waals surface area (Å²) in [6.45, 7) is 3.39.